The van der Waals surface area contributed by atoms with Gasteiger partial charge in [-0.05, 0) is 42.5 Å². The summed E-state index contributed by atoms with van der Waals surface area (Å²) in [5.41, 5.74) is 3.59. The van der Waals surface area contributed by atoms with E-state index in [9.17, 15) is 13.6 Å². The first-order chi connectivity index (χ1) is 16.9. The lowest BCUT2D eigenvalue weighted by Crippen LogP contribution is -2.49. The third-order valence-corrected chi connectivity index (χ3v) is 6.51. The maximum Gasteiger partial charge on any atom is 0.320 e. The molecule has 1 fully saturated rings. The summed E-state index contributed by atoms with van der Waals surface area (Å²) in [5.74, 6) is -0.163. The standard InChI is InChI=1S/C26H22ClF2N5O/c1-31-21-12-16(9-10-19(21)23(30)15-5-4-6-18(27)11-15)25(35)33-13-17(14-33)24-32-20-7-2-3-8-22(20)34(24)26(28)29/h2-12,17,26,30-31H,13-14H2,1H3. The molecule has 4 aromatic rings. The third kappa shape index (κ3) is 4.14. The zero-order valence-corrected chi connectivity index (χ0v) is 19.6. The van der Waals surface area contributed by atoms with Crippen LogP contribution in [0.4, 0.5) is 14.5 Å². The molecule has 0 atom stereocenters. The molecule has 178 valence electrons. The van der Waals surface area contributed by atoms with Gasteiger partial charge in [-0.15, -0.1) is 0 Å². The highest BCUT2D eigenvalue weighted by molar-refractivity contribution is 6.31. The molecule has 1 amide bonds. The van der Waals surface area contributed by atoms with E-state index in [2.05, 4.69) is 10.3 Å². The summed E-state index contributed by atoms with van der Waals surface area (Å²) in [7, 11) is 1.73. The summed E-state index contributed by atoms with van der Waals surface area (Å²) >= 11 is 6.07. The maximum absolute atomic E-state index is 13.8. The van der Waals surface area contributed by atoms with Gasteiger partial charge in [0.25, 0.3) is 5.91 Å². The van der Waals surface area contributed by atoms with Gasteiger partial charge in [0.05, 0.1) is 22.7 Å². The van der Waals surface area contributed by atoms with Gasteiger partial charge in [-0.1, -0.05) is 35.9 Å². The van der Waals surface area contributed by atoms with Gasteiger partial charge in [-0.3, -0.25) is 14.8 Å². The number of likely N-dealkylation sites (tertiary alicyclic amines) is 1. The van der Waals surface area contributed by atoms with E-state index in [1.165, 1.54) is 0 Å². The van der Waals surface area contributed by atoms with Crippen LogP contribution in [0.1, 0.15) is 39.8 Å². The van der Waals surface area contributed by atoms with Crippen molar-refractivity contribution in [3.8, 4) is 0 Å². The summed E-state index contributed by atoms with van der Waals surface area (Å²) in [5, 5.41) is 12.2. The number of nitrogens with one attached hydrogen (secondary N) is 2. The molecule has 0 saturated carbocycles. The Morgan fingerprint density at radius 2 is 1.86 bits per heavy atom. The molecule has 1 aromatic heterocycles. The Kier molecular flexibility index (Phi) is 5.98. The molecule has 2 N–H and O–H groups in total. The third-order valence-electron chi connectivity index (χ3n) is 6.27. The van der Waals surface area contributed by atoms with Crippen LogP contribution in [0.5, 0.6) is 0 Å². The van der Waals surface area contributed by atoms with Crippen molar-refractivity contribution in [2.24, 2.45) is 0 Å². The lowest BCUT2D eigenvalue weighted by atomic mass is 9.96. The number of rotatable bonds is 6. The number of carbonyl (C=O) groups excluding carboxylic acids is 1. The molecule has 0 spiro atoms. The number of halogens is 3. The number of hydrogen-bond donors (Lipinski definition) is 2. The summed E-state index contributed by atoms with van der Waals surface area (Å²) in [4.78, 5) is 19.1. The van der Waals surface area contributed by atoms with Crippen LogP contribution in [0.2, 0.25) is 5.02 Å². The summed E-state index contributed by atoms with van der Waals surface area (Å²) in [6.07, 6.45) is 0. The fourth-order valence-electron chi connectivity index (χ4n) is 4.45. The molecule has 1 aliphatic heterocycles. The SMILES string of the molecule is CNc1cc(C(=O)N2CC(c3nc4ccccc4n3C(F)F)C2)ccc1C(=N)c1cccc(Cl)c1. The topological polar surface area (TPSA) is 74.0 Å². The largest absolute Gasteiger partial charge is 0.388 e. The predicted molar refractivity (Wildman–Crippen MR) is 133 cm³/mol. The predicted octanol–water partition coefficient (Wildman–Crippen LogP) is 5.78. The van der Waals surface area contributed by atoms with Crippen molar-refractivity contribution < 1.29 is 13.6 Å². The first-order valence-corrected chi connectivity index (χ1v) is 11.5. The van der Waals surface area contributed by atoms with E-state index in [-0.39, 0.29) is 17.5 Å². The van der Waals surface area contributed by atoms with Crippen molar-refractivity contribution in [3.63, 3.8) is 0 Å². The minimum absolute atomic E-state index is 0.196. The molecule has 5 rings (SSSR count). The maximum atomic E-state index is 13.8. The van der Waals surface area contributed by atoms with E-state index in [0.717, 1.165) is 4.57 Å². The zero-order chi connectivity index (χ0) is 24.7. The smallest absolute Gasteiger partial charge is 0.320 e. The molecular formula is C26H22ClF2N5O. The van der Waals surface area contributed by atoms with E-state index < -0.39 is 6.55 Å². The van der Waals surface area contributed by atoms with Gasteiger partial charge in [0.2, 0.25) is 0 Å². The highest BCUT2D eigenvalue weighted by Crippen LogP contribution is 2.34. The highest BCUT2D eigenvalue weighted by atomic mass is 35.5. The van der Waals surface area contributed by atoms with E-state index in [1.807, 2.05) is 0 Å². The molecule has 3 aromatic carbocycles. The van der Waals surface area contributed by atoms with Crippen LogP contribution >= 0.6 is 11.6 Å². The normalized spacial score (nSPS) is 13.8. The Balaban J connectivity index is 1.35. The number of fused-ring (bicyclic) bond motifs is 1. The molecule has 0 radical (unpaired) electrons. The molecular weight excluding hydrogens is 472 g/mol. The number of nitrogens with zero attached hydrogens (tertiary/aromatic N) is 3. The number of aromatic nitrogens is 2. The van der Waals surface area contributed by atoms with Crippen molar-refractivity contribution in [2.45, 2.75) is 12.5 Å². The number of anilines is 1. The Hall–Kier alpha value is -3.78. The van der Waals surface area contributed by atoms with E-state index in [1.54, 1.807) is 78.7 Å². The van der Waals surface area contributed by atoms with Gasteiger partial charge < -0.3 is 10.2 Å². The number of hydrogen-bond acceptors (Lipinski definition) is 4. The highest BCUT2D eigenvalue weighted by Gasteiger charge is 2.37. The molecule has 6 nitrogen and oxygen atoms in total. The summed E-state index contributed by atoms with van der Waals surface area (Å²) < 4.78 is 28.5. The van der Waals surface area contributed by atoms with Gasteiger partial charge in [-0.25, -0.2) is 4.98 Å². The van der Waals surface area contributed by atoms with Crippen LogP contribution in [0, 0.1) is 5.41 Å². The molecule has 0 unspecified atom stereocenters. The molecule has 35 heavy (non-hydrogen) atoms. The van der Waals surface area contributed by atoms with E-state index >= 15 is 0 Å². The number of carbonyl (C=O) groups is 1. The Morgan fingerprint density at radius 1 is 1.09 bits per heavy atom. The van der Waals surface area contributed by atoms with Gasteiger partial charge in [0.15, 0.2) is 0 Å². The second-order valence-corrected chi connectivity index (χ2v) is 8.85. The van der Waals surface area contributed by atoms with Crippen LogP contribution in [-0.2, 0) is 0 Å². The van der Waals surface area contributed by atoms with Gasteiger partial charge in [0.1, 0.15) is 5.82 Å². The van der Waals surface area contributed by atoms with E-state index in [4.69, 9.17) is 17.0 Å². The molecule has 9 heteroatoms. The fraction of sp³-hybridized carbons (Fsp3) is 0.192. The number of imidazole rings is 1. The second kappa shape index (κ2) is 9.11. The number of amides is 1. The minimum Gasteiger partial charge on any atom is -0.388 e. The van der Waals surface area contributed by atoms with Crippen LogP contribution < -0.4 is 5.32 Å². The number of benzene rings is 3. The average Bonchev–Trinajstić information content (AvgIpc) is 3.21. The molecule has 1 aliphatic rings. The van der Waals surface area contributed by atoms with E-state index in [0.29, 0.717) is 57.3 Å². The zero-order valence-electron chi connectivity index (χ0n) is 18.8. The molecule has 0 bridgehead atoms. The van der Waals surface area contributed by atoms with Crippen LogP contribution in [0.3, 0.4) is 0 Å². The lowest BCUT2D eigenvalue weighted by Gasteiger charge is -2.39. The minimum atomic E-state index is -2.71. The summed E-state index contributed by atoms with van der Waals surface area (Å²) in [6, 6.07) is 19.0. The first kappa shape index (κ1) is 23.0. The average molecular weight is 494 g/mol. The Morgan fingerprint density at radius 3 is 2.57 bits per heavy atom. The van der Waals surface area contributed by atoms with Crippen molar-refractivity contribution in [1.82, 2.24) is 14.5 Å². The van der Waals surface area contributed by atoms with Crippen molar-refractivity contribution in [2.75, 3.05) is 25.5 Å². The fourth-order valence-corrected chi connectivity index (χ4v) is 4.64. The van der Waals surface area contributed by atoms with Gasteiger partial charge in [-0.2, -0.15) is 8.78 Å². The quantitative estimate of drug-likeness (QED) is 0.334. The number of para-hydroxylation sites is 2. The number of alkyl halides is 2. The van der Waals surface area contributed by atoms with Gasteiger partial charge in [0, 0.05) is 47.5 Å². The molecule has 2 heterocycles. The second-order valence-electron chi connectivity index (χ2n) is 8.41. The van der Waals surface area contributed by atoms with Crippen LogP contribution in [0.15, 0.2) is 66.7 Å². The van der Waals surface area contributed by atoms with Gasteiger partial charge >= 0.3 is 6.55 Å². The van der Waals surface area contributed by atoms with Crippen LogP contribution in [-0.4, -0.2) is 46.2 Å². The Labute approximate surface area is 205 Å². The summed E-state index contributed by atoms with van der Waals surface area (Å²) in [6.45, 7) is -2.09. The first-order valence-electron chi connectivity index (χ1n) is 11.1. The monoisotopic (exact) mass is 493 g/mol. The van der Waals surface area contributed by atoms with Crippen molar-refractivity contribution >= 4 is 39.9 Å². The Bertz CT molecular complexity index is 1440. The van der Waals surface area contributed by atoms with Crippen molar-refractivity contribution in [3.05, 3.63) is 94.3 Å². The van der Waals surface area contributed by atoms with Crippen molar-refractivity contribution in [1.29, 1.82) is 5.41 Å². The lowest BCUT2D eigenvalue weighted by molar-refractivity contribution is 0.0510. The molecule has 1 saturated heterocycles. The molecule has 0 aliphatic carbocycles. The van der Waals surface area contributed by atoms with Crippen LogP contribution in [0.25, 0.3) is 11.0 Å².